The normalized spacial score (nSPS) is 20.0. The summed E-state index contributed by atoms with van der Waals surface area (Å²) < 4.78 is 0. The highest BCUT2D eigenvalue weighted by Gasteiger charge is 2.32. The van der Waals surface area contributed by atoms with Crippen LogP contribution in [0.4, 0.5) is 5.69 Å². The minimum absolute atomic E-state index is 0.0000556. The molecule has 0 aliphatic carbocycles. The number of guanidine groups is 1. The molecule has 1 heterocycles. The molecule has 15 nitrogen and oxygen atoms in total. The topological polar surface area (TPSA) is 256 Å². The first kappa shape index (κ1) is 38.6. The van der Waals surface area contributed by atoms with E-state index in [-0.39, 0.29) is 43.9 Å². The number of aromatic hydroxyl groups is 1. The van der Waals surface area contributed by atoms with Gasteiger partial charge in [-0.25, -0.2) is 0 Å². The van der Waals surface area contributed by atoms with Crippen LogP contribution >= 0.6 is 0 Å². The summed E-state index contributed by atoms with van der Waals surface area (Å²) in [6.45, 7) is -0.336. The second-order valence-corrected chi connectivity index (χ2v) is 13.2. The van der Waals surface area contributed by atoms with E-state index < -0.39 is 60.2 Å². The fraction of sp³-hybridized carbons (Fsp3) is 0.282. The zero-order valence-corrected chi connectivity index (χ0v) is 29.6. The number of rotatable bonds is 10. The van der Waals surface area contributed by atoms with Gasteiger partial charge in [-0.3, -0.25) is 29.0 Å². The molecular formula is C39H45N9O6. The fourth-order valence-corrected chi connectivity index (χ4v) is 6.11. The first-order valence-corrected chi connectivity index (χ1v) is 17.6. The molecule has 0 unspecified atom stereocenters. The molecule has 4 aromatic rings. The van der Waals surface area contributed by atoms with Crippen LogP contribution in [0.15, 0.2) is 96.0 Å². The number of fused-ring (bicyclic) bond motifs is 1. The number of nitrogen functional groups attached to an aromatic ring is 1. The molecule has 0 radical (unpaired) electrons. The number of anilines is 1. The van der Waals surface area contributed by atoms with Crippen molar-refractivity contribution < 1.29 is 29.1 Å². The number of aliphatic imine (C=N–C) groups is 1. The van der Waals surface area contributed by atoms with Gasteiger partial charge in [0.2, 0.25) is 29.5 Å². The van der Waals surface area contributed by atoms with Crippen molar-refractivity contribution in [1.82, 2.24) is 26.6 Å². The molecule has 4 aromatic carbocycles. The summed E-state index contributed by atoms with van der Waals surface area (Å²) in [5.41, 5.74) is 19.4. The highest BCUT2D eigenvalue weighted by Crippen LogP contribution is 2.18. The maximum atomic E-state index is 14.1. The summed E-state index contributed by atoms with van der Waals surface area (Å²) in [6, 6.07) is 21.6. The second kappa shape index (κ2) is 18.2. The van der Waals surface area contributed by atoms with E-state index in [4.69, 9.17) is 17.2 Å². The van der Waals surface area contributed by atoms with Crippen LogP contribution in [0.25, 0.3) is 10.8 Å². The number of carbonyl (C=O) groups is 5. The lowest BCUT2D eigenvalue weighted by Crippen LogP contribution is -2.58. The Kier molecular flexibility index (Phi) is 13.0. The third-order valence-corrected chi connectivity index (χ3v) is 8.97. The number of hydrogen-bond donors (Lipinski definition) is 9. The summed E-state index contributed by atoms with van der Waals surface area (Å²) in [6.07, 6.45) is 0.470. The van der Waals surface area contributed by atoms with Crippen molar-refractivity contribution in [2.45, 2.75) is 56.3 Å². The van der Waals surface area contributed by atoms with Gasteiger partial charge in [0.1, 0.15) is 29.9 Å². The molecule has 282 valence electrons. The van der Waals surface area contributed by atoms with Crippen molar-refractivity contribution in [3.05, 3.63) is 108 Å². The number of phenolic OH excluding ortho intramolecular Hbond substituents is 1. The molecule has 5 amide bonds. The molecule has 0 spiro atoms. The van der Waals surface area contributed by atoms with E-state index >= 15 is 0 Å². The maximum Gasteiger partial charge on any atom is 0.243 e. The minimum Gasteiger partial charge on any atom is -0.508 e. The lowest BCUT2D eigenvalue weighted by Gasteiger charge is -2.26. The summed E-state index contributed by atoms with van der Waals surface area (Å²) in [5.74, 6) is -3.45. The molecule has 54 heavy (non-hydrogen) atoms. The van der Waals surface area contributed by atoms with Gasteiger partial charge in [-0.1, -0.05) is 66.7 Å². The van der Waals surface area contributed by atoms with Crippen LogP contribution in [0.2, 0.25) is 0 Å². The van der Waals surface area contributed by atoms with Crippen LogP contribution in [0.1, 0.15) is 29.5 Å². The Bertz CT molecular complexity index is 2000. The SMILES string of the molecule is NC(N)=NCCC[C@@H]1NC(=O)[C@H](Cc2ccc(N)cc2)NC(=O)[C@@H](Cc2ccc(O)cc2)NC(=O)CNC(=O)[C@H](Cc2ccc3ccccc3c2)NC1=O. The van der Waals surface area contributed by atoms with Crippen molar-refractivity contribution in [2.75, 3.05) is 18.8 Å². The van der Waals surface area contributed by atoms with Crippen molar-refractivity contribution in [1.29, 1.82) is 0 Å². The van der Waals surface area contributed by atoms with Gasteiger partial charge in [0.25, 0.3) is 0 Å². The lowest BCUT2D eigenvalue weighted by atomic mass is 10.00. The summed E-state index contributed by atoms with van der Waals surface area (Å²) in [5, 5.41) is 25.3. The third-order valence-electron chi connectivity index (χ3n) is 8.97. The van der Waals surface area contributed by atoms with Crippen molar-refractivity contribution in [3.63, 3.8) is 0 Å². The fourth-order valence-electron chi connectivity index (χ4n) is 6.11. The van der Waals surface area contributed by atoms with E-state index in [1.54, 1.807) is 36.4 Å². The highest BCUT2D eigenvalue weighted by atomic mass is 16.3. The first-order valence-electron chi connectivity index (χ1n) is 17.6. The van der Waals surface area contributed by atoms with E-state index in [1.807, 2.05) is 42.5 Å². The quantitative estimate of drug-likeness (QED) is 0.0469. The van der Waals surface area contributed by atoms with Crippen LogP contribution in [0.5, 0.6) is 5.75 Å². The minimum atomic E-state index is -1.20. The molecule has 0 aromatic heterocycles. The monoisotopic (exact) mass is 735 g/mol. The third kappa shape index (κ3) is 11.2. The van der Waals surface area contributed by atoms with Gasteiger partial charge in [0.15, 0.2) is 5.96 Å². The van der Waals surface area contributed by atoms with Gasteiger partial charge in [-0.05, 0) is 64.6 Å². The van der Waals surface area contributed by atoms with E-state index in [0.717, 1.165) is 16.3 Å². The summed E-state index contributed by atoms with van der Waals surface area (Å²) in [4.78, 5) is 73.0. The van der Waals surface area contributed by atoms with Crippen LogP contribution in [0.3, 0.4) is 0 Å². The van der Waals surface area contributed by atoms with E-state index in [1.165, 1.54) is 12.1 Å². The standard InChI is InChI=1S/C39H45N9O6/c40-28-13-8-23(9-14-28)20-33-38(54)46-30(6-3-17-43-39(41)42)36(52)47-31(21-25-7-12-26-4-1-2-5-27(26)18-25)35(51)44-22-34(50)45-32(37(53)48-33)19-24-10-15-29(49)16-11-24/h1-2,4-5,7-16,18,30-33,49H,3,6,17,19-22,40H2,(H,44,51)(H,45,50)(H,46,54)(H,47,52)(H,48,53)(H4,41,42,43)/t30-,31-,32+,33-/m0/s1. The molecule has 15 heteroatoms. The molecule has 1 fully saturated rings. The van der Waals surface area contributed by atoms with Gasteiger partial charge in [0.05, 0.1) is 6.54 Å². The number of nitrogens with zero attached hydrogens (tertiary/aromatic N) is 1. The summed E-state index contributed by atoms with van der Waals surface area (Å²) >= 11 is 0. The number of amides is 5. The van der Waals surface area contributed by atoms with Crippen LogP contribution < -0.4 is 43.8 Å². The van der Waals surface area contributed by atoms with E-state index in [0.29, 0.717) is 23.2 Å². The number of phenols is 1. The second-order valence-electron chi connectivity index (χ2n) is 13.2. The Labute approximate surface area is 312 Å². The van der Waals surface area contributed by atoms with Crippen molar-refractivity contribution in [3.8, 4) is 5.75 Å². The van der Waals surface area contributed by atoms with Gasteiger partial charge < -0.3 is 48.9 Å². The molecule has 12 N–H and O–H groups in total. The Morgan fingerprint density at radius 3 is 1.80 bits per heavy atom. The zero-order valence-electron chi connectivity index (χ0n) is 29.6. The Morgan fingerprint density at radius 1 is 0.630 bits per heavy atom. The Hall–Kier alpha value is -6.64. The average molecular weight is 736 g/mol. The summed E-state index contributed by atoms with van der Waals surface area (Å²) in [7, 11) is 0. The molecule has 4 atom stereocenters. The molecule has 0 bridgehead atoms. The van der Waals surface area contributed by atoms with Gasteiger partial charge in [-0.2, -0.15) is 0 Å². The van der Waals surface area contributed by atoms with E-state index in [9.17, 15) is 29.1 Å². The number of benzene rings is 4. The predicted octanol–water partition coefficient (Wildman–Crippen LogP) is 0.278. The highest BCUT2D eigenvalue weighted by molar-refractivity contribution is 5.97. The van der Waals surface area contributed by atoms with Crippen LogP contribution in [-0.2, 0) is 43.2 Å². The van der Waals surface area contributed by atoms with Gasteiger partial charge >= 0.3 is 0 Å². The van der Waals surface area contributed by atoms with Crippen LogP contribution in [0, 0.1) is 0 Å². The van der Waals surface area contributed by atoms with E-state index in [2.05, 4.69) is 31.6 Å². The number of carbonyl (C=O) groups excluding carboxylic acids is 5. The lowest BCUT2D eigenvalue weighted by molar-refractivity contribution is -0.134. The molecule has 1 saturated heterocycles. The zero-order chi connectivity index (χ0) is 38.6. The average Bonchev–Trinajstić information content (AvgIpc) is 3.15. The Morgan fingerprint density at radius 2 is 1.15 bits per heavy atom. The predicted molar refractivity (Wildman–Crippen MR) is 205 cm³/mol. The van der Waals surface area contributed by atoms with Crippen LogP contribution in [-0.4, -0.2) is 77.9 Å². The molecular weight excluding hydrogens is 690 g/mol. The molecule has 1 aliphatic rings. The number of nitrogens with two attached hydrogens (primary N) is 3. The number of nitrogens with one attached hydrogen (secondary N) is 5. The van der Waals surface area contributed by atoms with Gasteiger partial charge in [-0.15, -0.1) is 0 Å². The first-order chi connectivity index (χ1) is 25.9. The molecule has 1 aliphatic heterocycles. The number of hydrogen-bond acceptors (Lipinski definition) is 8. The molecule has 5 rings (SSSR count). The molecule has 0 saturated carbocycles. The smallest absolute Gasteiger partial charge is 0.243 e. The van der Waals surface area contributed by atoms with Crippen molar-refractivity contribution in [2.24, 2.45) is 16.5 Å². The van der Waals surface area contributed by atoms with Crippen molar-refractivity contribution >= 4 is 52.0 Å². The maximum absolute atomic E-state index is 14.1. The Balaban J connectivity index is 1.49. The van der Waals surface area contributed by atoms with Gasteiger partial charge in [0, 0.05) is 31.5 Å². The largest absolute Gasteiger partial charge is 0.508 e.